The van der Waals surface area contributed by atoms with E-state index in [-0.39, 0.29) is 28.5 Å². The number of benzene rings is 1. The van der Waals surface area contributed by atoms with E-state index in [1.54, 1.807) is 26.2 Å². The van der Waals surface area contributed by atoms with Crippen molar-refractivity contribution >= 4 is 28.8 Å². The third kappa shape index (κ3) is 4.92. The first-order valence-electron chi connectivity index (χ1n) is 6.32. The molecule has 1 aromatic carbocycles. The Morgan fingerprint density at radius 2 is 2.18 bits per heavy atom. The molecule has 1 rings (SSSR count). The second-order valence-corrected chi connectivity index (χ2v) is 5.21. The van der Waals surface area contributed by atoms with Crippen LogP contribution >= 0.6 is 11.8 Å². The molecular weight excluding hydrogens is 308 g/mol. The van der Waals surface area contributed by atoms with Gasteiger partial charge in [-0.2, -0.15) is 5.10 Å². The zero-order valence-electron chi connectivity index (χ0n) is 12.8. The highest BCUT2D eigenvalue weighted by molar-refractivity contribution is 8.13. The van der Waals surface area contributed by atoms with Crippen LogP contribution in [0, 0.1) is 10.1 Å². The number of hydrogen-bond donors (Lipinski definition) is 1. The molecule has 2 N–H and O–H groups in total. The average molecular weight is 326 g/mol. The quantitative estimate of drug-likeness (QED) is 0.372. The average Bonchev–Trinajstić information content (AvgIpc) is 2.47. The predicted octanol–water partition coefficient (Wildman–Crippen LogP) is 2.40. The van der Waals surface area contributed by atoms with E-state index in [0.29, 0.717) is 5.56 Å². The fourth-order valence-corrected chi connectivity index (χ4v) is 1.65. The fourth-order valence-electron chi connectivity index (χ4n) is 1.52. The summed E-state index contributed by atoms with van der Waals surface area (Å²) in [4.78, 5) is 10.7. The van der Waals surface area contributed by atoms with Gasteiger partial charge in [0.2, 0.25) is 5.75 Å². The summed E-state index contributed by atoms with van der Waals surface area (Å²) in [5.74, 6) is 0.345. The Morgan fingerprint density at radius 3 is 2.68 bits per heavy atom. The van der Waals surface area contributed by atoms with Crippen molar-refractivity contribution in [3.63, 3.8) is 0 Å². The number of nitro groups is 1. The molecule has 0 amide bonds. The lowest BCUT2D eigenvalue weighted by Gasteiger charge is -2.14. The number of nitrogens with two attached hydrogens (primary N) is 1. The molecule has 0 heterocycles. The van der Waals surface area contributed by atoms with Crippen LogP contribution in [0.4, 0.5) is 5.69 Å². The first-order chi connectivity index (χ1) is 10.4. The zero-order chi connectivity index (χ0) is 16.7. The van der Waals surface area contributed by atoms with Gasteiger partial charge >= 0.3 is 5.69 Å². The topological polar surface area (TPSA) is 112 Å². The van der Waals surface area contributed by atoms with Crippen molar-refractivity contribution in [2.45, 2.75) is 20.0 Å². The van der Waals surface area contributed by atoms with Crippen molar-refractivity contribution in [1.29, 1.82) is 0 Å². The highest BCUT2D eigenvalue weighted by Gasteiger charge is 2.22. The van der Waals surface area contributed by atoms with E-state index in [9.17, 15) is 10.1 Å². The number of methoxy groups -OCH3 is 1. The van der Waals surface area contributed by atoms with Crippen molar-refractivity contribution < 1.29 is 14.4 Å². The summed E-state index contributed by atoms with van der Waals surface area (Å²) in [7, 11) is 1.41. The molecule has 120 valence electrons. The van der Waals surface area contributed by atoms with E-state index in [4.69, 9.17) is 15.2 Å². The predicted molar refractivity (Wildman–Crippen MR) is 88.1 cm³/mol. The normalized spacial score (nSPS) is 12.0. The van der Waals surface area contributed by atoms with Crippen LogP contribution in [-0.4, -0.2) is 35.8 Å². The molecule has 0 aromatic heterocycles. The Labute approximate surface area is 132 Å². The zero-order valence-corrected chi connectivity index (χ0v) is 13.6. The SMILES string of the molecule is COc1cc(/C=N\N=C(/N)SC)cc([N+](=O)[O-])c1OC(C)C. The van der Waals surface area contributed by atoms with Gasteiger partial charge in [0.1, 0.15) is 0 Å². The summed E-state index contributed by atoms with van der Waals surface area (Å²) in [6.45, 7) is 3.55. The minimum absolute atomic E-state index is 0.0896. The number of nitrogens with zero attached hydrogens (tertiary/aromatic N) is 3. The summed E-state index contributed by atoms with van der Waals surface area (Å²) in [5, 5.41) is 19.0. The van der Waals surface area contributed by atoms with E-state index in [2.05, 4.69) is 10.2 Å². The second-order valence-electron chi connectivity index (χ2n) is 4.38. The van der Waals surface area contributed by atoms with Crippen molar-refractivity contribution in [1.82, 2.24) is 0 Å². The van der Waals surface area contributed by atoms with E-state index in [0.717, 1.165) is 0 Å². The Hall–Kier alpha value is -2.29. The van der Waals surface area contributed by atoms with E-state index < -0.39 is 4.92 Å². The van der Waals surface area contributed by atoms with Crippen LogP contribution in [0.25, 0.3) is 0 Å². The smallest absolute Gasteiger partial charge is 0.315 e. The van der Waals surface area contributed by atoms with Crippen LogP contribution < -0.4 is 15.2 Å². The van der Waals surface area contributed by atoms with E-state index in [1.807, 2.05) is 0 Å². The van der Waals surface area contributed by atoms with Gasteiger partial charge < -0.3 is 15.2 Å². The van der Waals surface area contributed by atoms with Crippen LogP contribution in [0.5, 0.6) is 11.5 Å². The number of rotatable bonds is 6. The first kappa shape index (κ1) is 17.8. The van der Waals surface area contributed by atoms with Gasteiger partial charge in [-0.15, -0.1) is 5.10 Å². The standard InChI is InChI=1S/C13H18N4O4S/c1-8(2)21-12-10(17(18)19)5-9(6-11(12)20-3)7-15-16-13(14)22-4/h5-8H,1-4H3,(H2,14,16)/b15-7-. The molecular formula is C13H18N4O4S. The maximum Gasteiger partial charge on any atom is 0.315 e. The molecule has 0 spiro atoms. The van der Waals surface area contributed by atoms with Gasteiger partial charge in [-0.25, -0.2) is 0 Å². The summed E-state index contributed by atoms with van der Waals surface area (Å²) < 4.78 is 10.7. The third-order valence-corrected chi connectivity index (χ3v) is 2.90. The molecule has 0 bridgehead atoms. The molecule has 0 atom stereocenters. The second kappa shape index (κ2) is 8.23. The van der Waals surface area contributed by atoms with Crippen LogP contribution in [0.3, 0.4) is 0 Å². The lowest BCUT2D eigenvalue weighted by molar-refractivity contribution is -0.386. The molecule has 0 unspecified atom stereocenters. The number of thioether (sulfide) groups is 1. The Kier molecular flexibility index (Phi) is 6.64. The Balaban J connectivity index is 3.27. The van der Waals surface area contributed by atoms with Crippen molar-refractivity contribution in [3.05, 3.63) is 27.8 Å². The molecule has 8 nitrogen and oxygen atoms in total. The molecule has 1 aromatic rings. The lowest BCUT2D eigenvalue weighted by Crippen LogP contribution is -2.09. The van der Waals surface area contributed by atoms with E-state index >= 15 is 0 Å². The van der Waals surface area contributed by atoms with Crippen LogP contribution in [-0.2, 0) is 0 Å². The molecule has 0 aliphatic heterocycles. The van der Waals surface area contributed by atoms with Gasteiger partial charge in [-0.1, -0.05) is 11.8 Å². The molecule has 0 fully saturated rings. The highest BCUT2D eigenvalue weighted by atomic mass is 32.2. The van der Waals surface area contributed by atoms with Crippen molar-refractivity contribution in [3.8, 4) is 11.5 Å². The number of nitro benzene ring substituents is 1. The Bertz CT molecular complexity index is 602. The van der Waals surface area contributed by atoms with Gasteiger partial charge in [0.15, 0.2) is 10.9 Å². The molecule has 0 saturated heterocycles. The lowest BCUT2D eigenvalue weighted by atomic mass is 10.2. The monoisotopic (exact) mass is 326 g/mol. The maximum atomic E-state index is 11.2. The van der Waals surface area contributed by atoms with Gasteiger partial charge in [-0.3, -0.25) is 10.1 Å². The molecule has 9 heteroatoms. The number of amidine groups is 1. The van der Waals surface area contributed by atoms with Crippen molar-refractivity contribution in [2.24, 2.45) is 15.9 Å². The van der Waals surface area contributed by atoms with Crippen LogP contribution in [0.15, 0.2) is 22.3 Å². The highest BCUT2D eigenvalue weighted by Crippen LogP contribution is 2.38. The van der Waals surface area contributed by atoms with Gasteiger partial charge in [-0.05, 0) is 26.2 Å². The summed E-state index contributed by atoms with van der Waals surface area (Å²) in [6.07, 6.45) is 2.90. The number of hydrogen-bond acceptors (Lipinski definition) is 7. The minimum Gasteiger partial charge on any atom is -0.493 e. The molecule has 0 saturated carbocycles. The maximum absolute atomic E-state index is 11.2. The third-order valence-electron chi connectivity index (χ3n) is 2.40. The summed E-state index contributed by atoms with van der Waals surface area (Å²) in [5.41, 5.74) is 5.75. The largest absolute Gasteiger partial charge is 0.493 e. The molecule has 0 radical (unpaired) electrons. The van der Waals surface area contributed by atoms with E-state index in [1.165, 1.54) is 31.2 Å². The van der Waals surface area contributed by atoms with Crippen LogP contribution in [0.2, 0.25) is 0 Å². The van der Waals surface area contributed by atoms with Crippen molar-refractivity contribution in [2.75, 3.05) is 13.4 Å². The van der Waals surface area contributed by atoms with Crippen LogP contribution in [0.1, 0.15) is 19.4 Å². The van der Waals surface area contributed by atoms with Gasteiger partial charge in [0.25, 0.3) is 0 Å². The summed E-state index contributed by atoms with van der Waals surface area (Å²) in [6, 6.07) is 2.92. The molecule has 22 heavy (non-hydrogen) atoms. The first-order valence-corrected chi connectivity index (χ1v) is 7.55. The molecule has 0 aliphatic rings. The minimum atomic E-state index is -0.531. The number of ether oxygens (including phenoxy) is 2. The van der Waals surface area contributed by atoms with Gasteiger partial charge in [0.05, 0.1) is 24.4 Å². The van der Waals surface area contributed by atoms with Gasteiger partial charge in [0, 0.05) is 11.6 Å². The Morgan fingerprint density at radius 1 is 1.50 bits per heavy atom. The summed E-state index contributed by atoms with van der Waals surface area (Å²) >= 11 is 1.25. The molecule has 0 aliphatic carbocycles. The fraction of sp³-hybridized carbons (Fsp3) is 0.385.